The van der Waals surface area contributed by atoms with Gasteiger partial charge in [0.05, 0.1) is 23.1 Å². The Morgan fingerprint density at radius 3 is 1.31 bits per heavy atom. The first-order valence-electron chi connectivity index (χ1n) is 29.2. The fourth-order valence-corrected chi connectivity index (χ4v) is 11.3. The van der Waals surface area contributed by atoms with Gasteiger partial charge in [0.15, 0.2) is 0 Å². The van der Waals surface area contributed by atoms with Gasteiger partial charge in [-0.3, -0.25) is 4.72 Å². The maximum Gasteiger partial charge on any atom is 0.119 e. The monoisotopic (exact) mass is 969 g/mol. The number of carbonyl (C=O) groups is 2. The van der Waals surface area contributed by atoms with Crippen LogP contribution in [-0.4, -0.2) is 86.0 Å². The minimum absolute atomic E-state index is 0.111. The van der Waals surface area contributed by atoms with E-state index in [-0.39, 0.29) is 16.3 Å². The van der Waals surface area contributed by atoms with Gasteiger partial charge in [-0.05, 0) is 109 Å². The highest BCUT2D eigenvalue weighted by Crippen LogP contribution is 2.58. The molecule has 0 bridgehead atoms. The second kappa shape index (κ2) is 50.4. The SMILES string of the molecule is CC1CC[C@@](SNCCCN(CCCCCCCC=O)CCCCCCCC=O)(C(C)O)C1(C)C.CCCCCCCCC(CC)OC.CCCCCCCCC(CCCCCCCC)OC. The summed E-state index contributed by atoms with van der Waals surface area (Å²) >= 11 is 1.80. The third-order valence-corrected chi connectivity index (χ3v) is 17.1. The number of unbranched alkanes of at least 4 members (excludes halogenated alkanes) is 25. The molecule has 0 aromatic heterocycles. The Morgan fingerprint density at radius 1 is 0.582 bits per heavy atom. The normalized spacial score (nSPS) is 17.5. The topological polar surface area (TPSA) is 88.1 Å². The van der Waals surface area contributed by atoms with Gasteiger partial charge in [-0.2, -0.15) is 0 Å². The molecule has 2 N–H and O–H groups in total. The van der Waals surface area contributed by atoms with E-state index in [0.29, 0.717) is 31.0 Å². The number of rotatable bonds is 47. The second-order valence-corrected chi connectivity index (χ2v) is 22.4. The number of hydrogen-bond acceptors (Lipinski definition) is 8. The maximum atomic E-state index is 10.7. The van der Waals surface area contributed by atoms with Gasteiger partial charge in [-0.1, -0.05) is 215 Å². The van der Waals surface area contributed by atoms with Crippen LogP contribution < -0.4 is 4.72 Å². The van der Waals surface area contributed by atoms with Crippen molar-refractivity contribution in [1.29, 1.82) is 0 Å². The van der Waals surface area contributed by atoms with Gasteiger partial charge in [0.2, 0.25) is 0 Å². The van der Waals surface area contributed by atoms with E-state index in [0.717, 1.165) is 70.9 Å². The number of aliphatic hydroxyl groups excluding tert-OH is 1. The Labute approximate surface area is 424 Å². The van der Waals surface area contributed by atoms with Gasteiger partial charge in [0, 0.05) is 33.6 Å². The molecule has 1 fully saturated rings. The van der Waals surface area contributed by atoms with Crippen LogP contribution >= 0.6 is 11.9 Å². The van der Waals surface area contributed by atoms with Gasteiger partial charge < -0.3 is 29.1 Å². The molecule has 1 rings (SSSR count). The third-order valence-electron chi connectivity index (χ3n) is 15.3. The molecule has 402 valence electrons. The molecule has 0 aromatic carbocycles. The van der Waals surface area contributed by atoms with Gasteiger partial charge in [0.25, 0.3) is 0 Å². The Balaban J connectivity index is 0. The molecule has 0 amide bonds. The number of aliphatic hydroxyl groups is 1. The van der Waals surface area contributed by atoms with Crippen molar-refractivity contribution >= 4 is 24.5 Å². The molecule has 67 heavy (non-hydrogen) atoms. The summed E-state index contributed by atoms with van der Waals surface area (Å²) in [5, 5.41) is 10.7. The van der Waals surface area contributed by atoms with E-state index >= 15 is 0 Å². The molecule has 1 aliphatic carbocycles. The van der Waals surface area contributed by atoms with Crippen molar-refractivity contribution in [3.63, 3.8) is 0 Å². The Bertz CT molecular complexity index is 974. The zero-order valence-electron chi connectivity index (χ0n) is 46.9. The highest BCUT2D eigenvalue weighted by Gasteiger charge is 2.56. The Kier molecular flexibility index (Phi) is 51.6. The highest BCUT2D eigenvalue weighted by molar-refractivity contribution is 7.98. The highest BCUT2D eigenvalue weighted by atomic mass is 32.2. The molecule has 0 aromatic rings. The molecule has 8 heteroatoms. The summed E-state index contributed by atoms with van der Waals surface area (Å²) in [4.78, 5) is 23.6. The van der Waals surface area contributed by atoms with Crippen LogP contribution in [0.15, 0.2) is 0 Å². The van der Waals surface area contributed by atoms with Gasteiger partial charge in [0.1, 0.15) is 12.6 Å². The van der Waals surface area contributed by atoms with Crippen LogP contribution in [0.2, 0.25) is 0 Å². The summed E-state index contributed by atoms with van der Waals surface area (Å²) in [6, 6.07) is 0. The summed E-state index contributed by atoms with van der Waals surface area (Å²) in [5.74, 6) is 0.624. The van der Waals surface area contributed by atoms with Gasteiger partial charge in [-0.15, -0.1) is 0 Å². The fraction of sp³-hybridized carbons (Fsp3) is 0.966. The molecule has 7 nitrogen and oxygen atoms in total. The minimum atomic E-state index is -0.325. The number of methoxy groups -OCH3 is 2. The zero-order chi connectivity index (χ0) is 50.1. The lowest BCUT2D eigenvalue weighted by molar-refractivity contribution is -0.108. The smallest absolute Gasteiger partial charge is 0.119 e. The molecule has 0 heterocycles. The van der Waals surface area contributed by atoms with Crippen molar-refractivity contribution in [2.45, 2.75) is 316 Å². The molecule has 4 atom stereocenters. The molecule has 0 saturated heterocycles. The van der Waals surface area contributed by atoms with Crippen LogP contribution in [0.4, 0.5) is 0 Å². The number of hydrogen-bond donors (Lipinski definition) is 2. The van der Waals surface area contributed by atoms with Gasteiger partial charge in [-0.25, -0.2) is 0 Å². The molecule has 0 aliphatic heterocycles. The summed E-state index contributed by atoms with van der Waals surface area (Å²) in [5.41, 5.74) is 0.113. The first kappa shape index (κ1) is 68.6. The molecular weight excluding hydrogens is 849 g/mol. The average Bonchev–Trinajstić information content (AvgIpc) is 3.56. The minimum Gasteiger partial charge on any atom is -0.392 e. The summed E-state index contributed by atoms with van der Waals surface area (Å²) in [7, 11) is 3.71. The molecule has 3 unspecified atom stereocenters. The molecule has 1 aliphatic rings. The Hall–Kier alpha value is -0.510. The van der Waals surface area contributed by atoms with Crippen molar-refractivity contribution in [1.82, 2.24) is 9.62 Å². The number of aldehydes is 2. The molecule has 1 saturated carbocycles. The zero-order valence-corrected chi connectivity index (χ0v) is 47.7. The summed E-state index contributed by atoms with van der Waals surface area (Å²) < 4.78 is 14.5. The van der Waals surface area contributed by atoms with Crippen LogP contribution in [0.5, 0.6) is 0 Å². The number of ether oxygens (including phenoxy) is 2. The van der Waals surface area contributed by atoms with E-state index < -0.39 is 0 Å². The number of nitrogens with one attached hydrogen (secondary N) is 1. The third kappa shape index (κ3) is 37.9. The lowest BCUT2D eigenvalue weighted by Gasteiger charge is -2.45. The predicted molar refractivity (Wildman–Crippen MR) is 297 cm³/mol. The fourth-order valence-electron chi connectivity index (χ4n) is 9.95. The first-order valence-corrected chi connectivity index (χ1v) is 30.1. The number of carbonyl (C=O) groups excluding carboxylic acids is 2. The summed E-state index contributed by atoms with van der Waals surface area (Å²) in [6.07, 6.45) is 49.4. The lowest BCUT2D eigenvalue weighted by Crippen LogP contribution is -2.49. The van der Waals surface area contributed by atoms with Crippen molar-refractivity contribution in [3.05, 3.63) is 0 Å². The first-order chi connectivity index (χ1) is 32.5. The molecular formula is C59H120N2O5S. The van der Waals surface area contributed by atoms with E-state index in [2.05, 4.69) is 58.1 Å². The van der Waals surface area contributed by atoms with Crippen LogP contribution in [0.25, 0.3) is 0 Å². The lowest BCUT2D eigenvalue weighted by atomic mass is 9.73. The Morgan fingerprint density at radius 2 is 0.955 bits per heavy atom. The van der Waals surface area contributed by atoms with E-state index in [1.807, 2.05) is 21.1 Å². The summed E-state index contributed by atoms with van der Waals surface area (Å²) in [6.45, 7) is 22.4. The largest absolute Gasteiger partial charge is 0.392 e. The predicted octanol–water partition coefficient (Wildman–Crippen LogP) is 17.2. The van der Waals surface area contributed by atoms with Crippen molar-refractivity contribution in [2.75, 3.05) is 40.4 Å². The maximum absolute atomic E-state index is 10.7. The van der Waals surface area contributed by atoms with E-state index in [1.165, 1.54) is 193 Å². The van der Waals surface area contributed by atoms with Crippen LogP contribution in [0, 0.1) is 11.3 Å². The molecule has 0 spiro atoms. The van der Waals surface area contributed by atoms with Gasteiger partial charge >= 0.3 is 0 Å². The van der Waals surface area contributed by atoms with E-state index in [1.54, 1.807) is 11.9 Å². The average molecular weight is 970 g/mol. The quantitative estimate of drug-likeness (QED) is 0.0354. The van der Waals surface area contributed by atoms with Crippen LogP contribution in [0.3, 0.4) is 0 Å². The van der Waals surface area contributed by atoms with E-state index in [4.69, 9.17) is 9.47 Å². The van der Waals surface area contributed by atoms with Crippen LogP contribution in [0.1, 0.15) is 293 Å². The van der Waals surface area contributed by atoms with E-state index in [9.17, 15) is 14.7 Å². The van der Waals surface area contributed by atoms with Crippen LogP contribution in [-0.2, 0) is 19.1 Å². The standard InChI is InChI=1S/C29H56N2O3S.C18H38O.C12H26O/c1-26-18-19-29(27(2)34,28(26,3)4)35-30-20-17-23-31(21-13-9-5-7-11-15-24-32)22-14-10-6-8-12-16-25-33;1-4-6-8-10-12-14-16-18(19-3)17-15-13-11-9-7-5-2;1-4-6-7-8-9-10-11-12(5-2)13-3/h24-27,30,34H,5-23H2,1-4H3;18H,4-17H2,1-3H3;12H,4-11H2,1-3H3/t26?,27?,29-;;/m1../s1. The number of nitrogens with zero attached hydrogens (tertiary/aromatic N) is 1. The van der Waals surface area contributed by atoms with Crippen molar-refractivity contribution < 1.29 is 24.2 Å². The van der Waals surface area contributed by atoms with Crippen molar-refractivity contribution in [2.24, 2.45) is 11.3 Å². The second-order valence-electron chi connectivity index (χ2n) is 21.2. The molecule has 0 radical (unpaired) electrons. The van der Waals surface area contributed by atoms with Crippen molar-refractivity contribution in [3.8, 4) is 0 Å².